The first-order chi connectivity index (χ1) is 14.3. The summed E-state index contributed by atoms with van der Waals surface area (Å²) < 4.78 is 50.2. The fourth-order valence-corrected chi connectivity index (χ4v) is 3.86. The van der Waals surface area contributed by atoms with Crippen molar-refractivity contribution in [3.05, 3.63) is 52.5 Å². The quantitative estimate of drug-likeness (QED) is 0.459. The summed E-state index contributed by atoms with van der Waals surface area (Å²) in [5.41, 5.74) is 0.452. The second-order valence-corrected chi connectivity index (χ2v) is 8.36. The number of hydrogen-bond donors (Lipinski definition) is 0. The zero-order chi connectivity index (χ0) is 21.3. The first-order valence-electron chi connectivity index (χ1n) is 10.2. The summed E-state index contributed by atoms with van der Waals surface area (Å²) in [4.78, 5) is 12.7. The minimum absolute atomic E-state index is 0.0986. The Hall–Kier alpha value is -2.21. The number of alkyl halides is 3. The van der Waals surface area contributed by atoms with Crippen LogP contribution in [0.15, 0.2) is 36.4 Å². The fourth-order valence-electron chi connectivity index (χ4n) is 3.59. The van der Waals surface area contributed by atoms with Crippen LogP contribution in [0.3, 0.4) is 0 Å². The standard InChI is InChI=1S/C23H22ClF3O3/c24-21-19(15-7-9-17(10-8-15)23(25,26)27)11-16(12-20(21)29-13-14-5-6-14)22(28)30-18-3-1-2-4-18/h7-12,14,18H,1-6,13H2. The van der Waals surface area contributed by atoms with Crippen LogP contribution < -0.4 is 4.74 Å². The Kier molecular flexibility index (Phi) is 5.96. The molecule has 0 atom stereocenters. The second kappa shape index (κ2) is 8.50. The third-order valence-electron chi connectivity index (χ3n) is 5.55. The molecule has 2 saturated carbocycles. The normalized spacial score (nSPS) is 17.2. The molecule has 0 bridgehead atoms. The maximum absolute atomic E-state index is 12.9. The third kappa shape index (κ3) is 4.91. The molecule has 0 amide bonds. The van der Waals surface area contributed by atoms with Gasteiger partial charge in [0.05, 0.1) is 22.8 Å². The van der Waals surface area contributed by atoms with Crippen LogP contribution in [0.25, 0.3) is 11.1 Å². The first kappa shape index (κ1) is 21.0. The van der Waals surface area contributed by atoms with Crippen LogP contribution >= 0.6 is 11.6 Å². The number of halogens is 4. The zero-order valence-electron chi connectivity index (χ0n) is 16.3. The Bertz CT molecular complexity index is 915. The maximum atomic E-state index is 12.9. The van der Waals surface area contributed by atoms with Gasteiger partial charge in [0.1, 0.15) is 11.9 Å². The Balaban J connectivity index is 1.66. The molecule has 2 aromatic carbocycles. The molecule has 0 aliphatic heterocycles. The van der Waals surface area contributed by atoms with E-state index in [9.17, 15) is 18.0 Å². The van der Waals surface area contributed by atoms with Crippen LogP contribution in [0, 0.1) is 5.92 Å². The number of rotatable bonds is 6. The van der Waals surface area contributed by atoms with E-state index in [4.69, 9.17) is 21.1 Å². The Morgan fingerprint density at radius 1 is 1.03 bits per heavy atom. The molecule has 0 unspecified atom stereocenters. The smallest absolute Gasteiger partial charge is 0.416 e. The Morgan fingerprint density at radius 2 is 1.70 bits per heavy atom. The van der Waals surface area contributed by atoms with Gasteiger partial charge in [0, 0.05) is 5.56 Å². The van der Waals surface area contributed by atoms with E-state index in [0.717, 1.165) is 50.7 Å². The summed E-state index contributed by atoms with van der Waals surface area (Å²) in [5, 5.41) is 0.271. The van der Waals surface area contributed by atoms with E-state index in [1.807, 2.05) is 0 Å². The number of benzene rings is 2. The molecule has 160 valence electrons. The van der Waals surface area contributed by atoms with E-state index in [1.165, 1.54) is 12.1 Å². The van der Waals surface area contributed by atoms with Crippen molar-refractivity contribution < 1.29 is 27.4 Å². The maximum Gasteiger partial charge on any atom is 0.416 e. The summed E-state index contributed by atoms with van der Waals surface area (Å²) in [6.45, 7) is 0.493. The zero-order valence-corrected chi connectivity index (χ0v) is 17.1. The number of hydrogen-bond acceptors (Lipinski definition) is 3. The van der Waals surface area contributed by atoms with Gasteiger partial charge < -0.3 is 9.47 Å². The largest absolute Gasteiger partial charge is 0.492 e. The molecule has 0 saturated heterocycles. The van der Waals surface area contributed by atoms with Crippen LogP contribution in [-0.4, -0.2) is 18.7 Å². The summed E-state index contributed by atoms with van der Waals surface area (Å²) >= 11 is 6.52. The summed E-state index contributed by atoms with van der Waals surface area (Å²) in [6.07, 6.45) is 1.41. The number of ether oxygens (including phenoxy) is 2. The van der Waals surface area contributed by atoms with Crippen LogP contribution in [-0.2, 0) is 10.9 Å². The molecular formula is C23H22ClF3O3. The molecule has 3 nitrogen and oxygen atoms in total. The van der Waals surface area contributed by atoms with E-state index in [0.29, 0.717) is 29.4 Å². The van der Waals surface area contributed by atoms with Gasteiger partial charge in [-0.1, -0.05) is 23.7 Å². The summed E-state index contributed by atoms with van der Waals surface area (Å²) in [5.74, 6) is 0.354. The van der Waals surface area contributed by atoms with Crippen LogP contribution in [0.2, 0.25) is 5.02 Å². The molecule has 0 N–H and O–H groups in total. The number of carbonyl (C=O) groups is 1. The highest BCUT2D eigenvalue weighted by Gasteiger charge is 2.30. The molecule has 0 spiro atoms. The van der Waals surface area contributed by atoms with Gasteiger partial charge in [0.15, 0.2) is 0 Å². The average Bonchev–Trinajstić information content (AvgIpc) is 3.41. The Morgan fingerprint density at radius 3 is 2.30 bits per heavy atom. The molecule has 2 fully saturated rings. The van der Waals surface area contributed by atoms with E-state index in [-0.39, 0.29) is 16.7 Å². The van der Waals surface area contributed by atoms with Crippen molar-refractivity contribution in [2.75, 3.05) is 6.61 Å². The van der Waals surface area contributed by atoms with Crippen LogP contribution in [0.1, 0.15) is 54.4 Å². The van der Waals surface area contributed by atoms with Gasteiger partial charge in [0.25, 0.3) is 0 Å². The molecule has 0 heterocycles. The minimum Gasteiger partial charge on any atom is -0.492 e. The third-order valence-corrected chi connectivity index (χ3v) is 5.94. The highest BCUT2D eigenvalue weighted by atomic mass is 35.5. The molecular weight excluding hydrogens is 417 g/mol. The van der Waals surface area contributed by atoms with Gasteiger partial charge in [-0.2, -0.15) is 13.2 Å². The first-order valence-corrected chi connectivity index (χ1v) is 10.5. The lowest BCUT2D eigenvalue weighted by molar-refractivity contribution is -0.137. The molecule has 2 aromatic rings. The lowest BCUT2D eigenvalue weighted by Crippen LogP contribution is -2.15. The minimum atomic E-state index is -4.42. The average molecular weight is 439 g/mol. The van der Waals surface area contributed by atoms with Crippen molar-refractivity contribution in [1.82, 2.24) is 0 Å². The van der Waals surface area contributed by atoms with E-state index < -0.39 is 17.7 Å². The molecule has 2 aliphatic rings. The lowest BCUT2D eigenvalue weighted by atomic mass is 10.0. The second-order valence-electron chi connectivity index (χ2n) is 7.98. The number of carbonyl (C=O) groups excluding carboxylic acids is 1. The summed E-state index contributed by atoms with van der Waals surface area (Å²) in [6, 6.07) is 7.82. The van der Waals surface area contributed by atoms with Gasteiger partial charge in [-0.05, 0) is 74.3 Å². The number of esters is 1. The lowest BCUT2D eigenvalue weighted by Gasteiger charge is -2.16. The SMILES string of the molecule is O=C(OC1CCCC1)c1cc(OCC2CC2)c(Cl)c(-c2ccc(C(F)(F)F)cc2)c1. The van der Waals surface area contributed by atoms with Crippen molar-refractivity contribution in [3.63, 3.8) is 0 Å². The molecule has 7 heteroatoms. The summed E-state index contributed by atoms with van der Waals surface area (Å²) in [7, 11) is 0. The van der Waals surface area contributed by atoms with Crippen molar-refractivity contribution in [3.8, 4) is 16.9 Å². The van der Waals surface area contributed by atoms with E-state index in [2.05, 4.69) is 0 Å². The van der Waals surface area contributed by atoms with Crippen LogP contribution in [0.5, 0.6) is 5.75 Å². The molecule has 30 heavy (non-hydrogen) atoms. The molecule has 2 aliphatic carbocycles. The Labute approximate surface area is 178 Å². The fraction of sp³-hybridized carbons (Fsp3) is 0.435. The highest BCUT2D eigenvalue weighted by Crippen LogP contribution is 2.40. The predicted molar refractivity (Wildman–Crippen MR) is 108 cm³/mol. The predicted octanol–water partition coefficient (Wildman–Crippen LogP) is 6.91. The van der Waals surface area contributed by atoms with Gasteiger partial charge >= 0.3 is 12.1 Å². The van der Waals surface area contributed by atoms with Crippen LogP contribution in [0.4, 0.5) is 13.2 Å². The van der Waals surface area contributed by atoms with Crippen molar-refractivity contribution in [1.29, 1.82) is 0 Å². The van der Waals surface area contributed by atoms with Gasteiger partial charge in [-0.25, -0.2) is 4.79 Å². The van der Waals surface area contributed by atoms with Gasteiger partial charge in [-0.15, -0.1) is 0 Å². The molecule has 0 aromatic heterocycles. The molecule has 0 radical (unpaired) electrons. The van der Waals surface area contributed by atoms with E-state index in [1.54, 1.807) is 12.1 Å². The van der Waals surface area contributed by atoms with Crippen molar-refractivity contribution in [2.45, 2.75) is 50.8 Å². The van der Waals surface area contributed by atoms with Crippen molar-refractivity contribution >= 4 is 17.6 Å². The topological polar surface area (TPSA) is 35.5 Å². The van der Waals surface area contributed by atoms with E-state index >= 15 is 0 Å². The van der Waals surface area contributed by atoms with Crippen molar-refractivity contribution in [2.24, 2.45) is 5.92 Å². The van der Waals surface area contributed by atoms with Gasteiger partial charge in [0.2, 0.25) is 0 Å². The van der Waals surface area contributed by atoms with Gasteiger partial charge in [-0.3, -0.25) is 0 Å². The monoisotopic (exact) mass is 438 g/mol. The molecule has 4 rings (SSSR count). The highest BCUT2D eigenvalue weighted by molar-refractivity contribution is 6.35.